The van der Waals surface area contributed by atoms with E-state index in [1.54, 1.807) is 0 Å². The predicted molar refractivity (Wildman–Crippen MR) is 79.0 cm³/mol. The second kappa shape index (κ2) is 7.88. The molecular formula is C16H30N2O. The van der Waals surface area contributed by atoms with E-state index in [-0.39, 0.29) is 11.8 Å². The van der Waals surface area contributed by atoms with Gasteiger partial charge in [0.25, 0.3) is 0 Å². The van der Waals surface area contributed by atoms with Gasteiger partial charge in [-0.3, -0.25) is 4.79 Å². The van der Waals surface area contributed by atoms with Crippen LogP contribution in [0.1, 0.15) is 64.7 Å². The summed E-state index contributed by atoms with van der Waals surface area (Å²) in [6, 6.07) is 0.351. The van der Waals surface area contributed by atoms with Gasteiger partial charge in [0.2, 0.25) is 5.91 Å². The lowest BCUT2D eigenvalue weighted by Crippen LogP contribution is -2.41. The molecule has 0 aromatic rings. The fraction of sp³-hybridized carbons (Fsp3) is 0.938. The second-order valence-electron chi connectivity index (χ2n) is 6.52. The summed E-state index contributed by atoms with van der Waals surface area (Å²) in [6.45, 7) is 4.16. The molecule has 1 atom stereocenters. The number of hydrogen-bond acceptors (Lipinski definition) is 2. The van der Waals surface area contributed by atoms with Crippen molar-refractivity contribution in [2.75, 3.05) is 13.1 Å². The highest BCUT2D eigenvalue weighted by Crippen LogP contribution is 2.27. The number of carbonyl (C=O) groups excluding carboxylic acids is 1. The van der Waals surface area contributed by atoms with Crippen molar-refractivity contribution in [1.29, 1.82) is 0 Å². The lowest BCUT2D eigenvalue weighted by Gasteiger charge is -2.26. The average molecular weight is 266 g/mol. The monoisotopic (exact) mass is 266 g/mol. The van der Waals surface area contributed by atoms with E-state index in [9.17, 15) is 4.79 Å². The molecular weight excluding hydrogens is 236 g/mol. The molecule has 1 unspecified atom stereocenters. The Hall–Kier alpha value is -0.570. The molecule has 1 aliphatic heterocycles. The SMILES string of the molecule is CC(CCC1CCCCC1)NC(=O)C1CCNCC1. The summed E-state index contributed by atoms with van der Waals surface area (Å²) in [5.74, 6) is 1.46. The third-order valence-electron chi connectivity index (χ3n) is 4.83. The number of nitrogens with one attached hydrogen (secondary N) is 2. The van der Waals surface area contributed by atoms with Crippen LogP contribution >= 0.6 is 0 Å². The standard InChI is InChI=1S/C16H30N2O/c1-13(7-8-14-5-3-2-4-6-14)18-16(19)15-9-11-17-12-10-15/h13-15,17H,2-12H2,1H3,(H,18,19). The Morgan fingerprint density at radius 3 is 2.53 bits per heavy atom. The summed E-state index contributed by atoms with van der Waals surface area (Å²) in [7, 11) is 0. The van der Waals surface area contributed by atoms with E-state index < -0.39 is 0 Å². The molecule has 2 aliphatic rings. The molecule has 2 fully saturated rings. The molecule has 1 heterocycles. The molecule has 110 valence electrons. The molecule has 2 N–H and O–H groups in total. The predicted octanol–water partition coefficient (Wildman–Crippen LogP) is 2.85. The Labute approximate surface area is 117 Å². The van der Waals surface area contributed by atoms with Crippen molar-refractivity contribution in [1.82, 2.24) is 10.6 Å². The van der Waals surface area contributed by atoms with Gasteiger partial charge in [0, 0.05) is 12.0 Å². The Kier molecular flexibility index (Phi) is 6.15. The van der Waals surface area contributed by atoms with Crippen molar-refractivity contribution in [3.8, 4) is 0 Å². The maximum atomic E-state index is 12.1. The number of amides is 1. The minimum Gasteiger partial charge on any atom is -0.353 e. The molecule has 1 aliphatic carbocycles. The van der Waals surface area contributed by atoms with Crippen LogP contribution in [0.15, 0.2) is 0 Å². The van der Waals surface area contributed by atoms with Crippen LogP contribution < -0.4 is 10.6 Å². The van der Waals surface area contributed by atoms with Crippen LogP contribution in [0.3, 0.4) is 0 Å². The van der Waals surface area contributed by atoms with Crippen LogP contribution in [0, 0.1) is 11.8 Å². The number of carbonyl (C=O) groups is 1. The van der Waals surface area contributed by atoms with Crippen molar-refractivity contribution in [2.45, 2.75) is 70.8 Å². The third kappa shape index (κ3) is 5.13. The number of piperidine rings is 1. The maximum absolute atomic E-state index is 12.1. The van der Waals surface area contributed by atoms with Gasteiger partial charge in [-0.15, -0.1) is 0 Å². The van der Waals surface area contributed by atoms with Gasteiger partial charge in [-0.1, -0.05) is 32.1 Å². The molecule has 1 saturated carbocycles. The zero-order valence-electron chi connectivity index (χ0n) is 12.4. The van der Waals surface area contributed by atoms with Gasteiger partial charge in [0.15, 0.2) is 0 Å². The van der Waals surface area contributed by atoms with Gasteiger partial charge >= 0.3 is 0 Å². The molecule has 19 heavy (non-hydrogen) atoms. The van der Waals surface area contributed by atoms with E-state index in [2.05, 4.69) is 17.6 Å². The first-order valence-electron chi connectivity index (χ1n) is 8.27. The smallest absolute Gasteiger partial charge is 0.223 e. The highest BCUT2D eigenvalue weighted by molar-refractivity contribution is 5.79. The largest absolute Gasteiger partial charge is 0.353 e. The van der Waals surface area contributed by atoms with E-state index in [0.29, 0.717) is 6.04 Å². The second-order valence-corrected chi connectivity index (χ2v) is 6.52. The van der Waals surface area contributed by atoms with Crippen LogP contribution in [0.4, 0.5) is 0 Å². The van der Waals surface area contributed by atoms with Gasteiger partial charge in [-0.2, -0.15) is 0 Å². The van der Waals surface area contributed by atoms with E-state index in [1.165, 1.54) is 38.5 Å². The van der Waals surface area contributed by atoms with Crippen molar-refractivity contribution in [3.05, 3.63) is 0 Å². The molecule has 0 spiro atoms. The van der Waals surface area contributed by atoms with E-state index >= 15 is 0 Å². The Morgan fingerprint density at radius 1 is 1.16 bits per heavy atom. The van der Waals surface area contributed by atoms with Crippen LogP contribution in [-0.2, 0) is 4.79 Å². The molecule has 0 bridgehead atoms. The molecule has 2 rings (SSSR count). The van der Waals surface area contributed by atoms with Gasteiger partial charge in [0.05, 0.1) is 0 Å². The zero-order chi connectivity index (χ0) is 13.5. The molecule has 0 aromatic carbocycles. The summed E-state index contributed by atoms with van der Waals surface area (Å²) in [4.78, 5) is 12.1. The van der Waals surface area contributed by atoms with E-state index in [0.717, 1.165) is 38.3 Å². The van der Waals surface area contributed by atoms with Crippen molar-refractivity contribution < 1.29 is 4.79 Å². The van der Waals surface area contributed by atoms with Crippen molar-refractivity contribution in [2.24, 2.45) is 11.8 Å². The normalized spacial score (nSPS) is 24.1. The Balaban J connectivity index is 1.62. The van der Waals surface area contributed by atoms with Crippen LogP contribution in [0.5, 0.6) is 0 Å². The Bertz CT molecular complexity index is 268. The molecule has 0 radical (unpaired) electrons. The fourth-order valence-electron chi connectivity index (χ4n) is 3.48. The van der Waals surface area contributed by atoms with Crippen LogP contribution in [-0.4, -0.2) is 25.0 Å². The molecule has 3 heteroatoms. The molecule has 3 nitrogen and oxygen atoms in total. The van der Waals surface area contributed by atoms with E-state index in [1.807, 2.05) is 0 Å². The zero-order valence-corrected chi connectivity index (χ0v) is 12.4. The number of hydrogen-bond donors (Lipinski definition) is 2. The van der Waals surface area contributed by atoms with Crippen molar-refractivity contribution in [3.63, 3.8) is 0 Å². The van der Waals surface area contributed by atoms with Gasteiger partial charge in [0.1, 0.15) is 0 Å². The van der Waals surface area contributed by atoms with E-state index in [4.69, 9.17) is 0 Å². The summed E-state index contributed by atoms with van der Waals surface area (Å²) in [5, 5.41) is 6.53. The molecule has 0 aromatic heterocycles. The summed E-state index contributed by atoms with van der Waals surface area (Å²) < 4.78 is 0. The highest BCUT2D eigenvalue weighted by atomic mass is 16.1. The van der Waals surface area contributed by atoms with Gasteiger partial charge in [-0.25, -0.2) is 0 Å². The minimum atomic E-state index is 0.249. The Morgan fingerprint density at radius 2 is 1.84 bits per heavy atom. The van der Waals surface area contributed by atoms with Crippen LogP contribution in [0.2, 0.25) is 0 Å². The van der Waals surface area contributed by atoms with Crippen LogP contribution in [0.25, 0.3) is 0 Å². The fourth-order valence-corrected chi connectivity index (χ4v) is 3.48. The third-order valence-corrected chi connectivity index (χ3v) is 4.83. The summed E-state index contributed by atoms with van der Waals surface area (Å²) in [6.07, 6.45) is 11.5. The van der Waals surface area contributed by atoms with Gasteiger partial charge in [-0.05, 0) is 51.6 Å². The quantitative estimate of drug-likeness (QED) is 0.803. The van der Waals surface area contributed by atoms with Gasteiger partial charge < -0.3 is 10.6 Å². The lowest BCUT2D eigenvalue weighted by molar-refractivity contribution is -0.126. The molecule has 1 amide bonds. The summed E-state index contributed by atoms with van der Waals surface area (Å²) >= 11 is 0. The first-order chi connectivity index (χ1) is 9.25. The van der Waals surface area contributed by atoms with Crippen molar-refractivity contribution >= 4 is 5.91 Å². The highest BCUT2D eigenvalue weighted by Gasteiger charge is 2.22. The summed E-state index contributed by atoms with van der Waals surface area (Å²) in [5.41, 5.74) is 0. The first kappa shape index (κ1) is 14.8. The molecule has 1 saturated heterocycles. The first-order valence-corrected chi connectivity index (χ1v) is 8.27. The average Bonchev–Trinajstić information content (AvgIpc) is 2.47. The number of rotatable bonds is 5. The maximum Gasteiger partial charge on any atom is 0.223 e. The topological polar surface area (TPSA) is 41.1 Å². The lowest BCUT2D eigenvalue weighted by atomic mass is 9.85. The minimum absolute atomic E-state index is 0.249.